The summed E-state index contributed by atoms with van der Waals surface area (Å²) in [5, 5.41) is 3.24. The number of carbonyl (C=O) groups is 1. The molecule has 0 aliphatic heterocycles. The summed E-state index contributed by atoms with van der Waals surface area (Å²) in [6, 6.07) is 11.1. The Labute approximate surface area is 185 Å². The number of anilines is 1. The van der Waals surface area contributed by atoms with E-state index in [1.807, 2.05) is 13.8 Å². The topological polar surface area (TPSA) is 75.7 Å². The standard InChI is InChI=1S/C20H24BrClN2O4S/c1-3-11-24(12-4-2)29(26,27)17-8-6-16(7-9-17)23-20(25)14-28-19-10-5-15(22)13-18(19)21/h5-10,13H,3-4,11-12,14H2,1-2H3,(H,23,25). The molecule has 6 nitrogen and oxygen atoms in total. The van der Waals surface area contributed by atoms with Gasteiger partial charge in [-0.05, 0) is 71.2 Å². The van der Waals surface area contributed by atoms with Gasteiger partial charge in [0.2, 0.25) is 10.0 Å². The SMILES string of the molecule is CCCN(CCC)S(=O)(=O)c1ccc(NC(=O)COc2ccc(Cl)cc2Br)cc1. The largest absolute Gasteiger partial charge is 0.483 e. The van der Waals surface area contributed by atoms with E-state index in [0.29, 0.717) is 34.0 Å². The summed E-state index contributed by atoms with van der Waals surface area (Å²) in [6.07, 6.45) is 1.49. The molecule has 29 heavy (non-hydrogen) atoms. The zero-order valence-electron chi connectivity index (χ0n) is 16.3. The molecule has 0 aromatic heterocycles. The van der Waals surface area contributed by atoms with Crippen molar-refractivity contribution in [2.45, 2.75) is 31.6 Å². The molecule has 0 aliphatic rings. The van der Waals surface area contributed by atoms with Gasteiger partial charge in [-0.1, -0.05) is 25.4 Å². The van der Waals surface area contributed by atoms with Crippen LogP contribution >= 0.6 is 27.5 Å². The fourth-order valence-electron chi connectivity index (χ4n) is 2.64. The number of nitrogens with one attached hydrogen (secondary N) is 1. The zero-order chi connectivity index (χ0) is 21.4. The number of rotatable bonds is 10. The van der Waals surface area contributed by atoms with Crippen molar-refractivity contribution in [3.05, 3.63) is 52.0 Å². The molecule has 0 aliphatic carbocycles. The van der Waals surface area contributed by atoms with Crippen LogP contribution in [0, 0.1) is 0 Å². The van der Waals surface area contributed by atoms with Gasteiger partial charge in [0.25, 0.3) is 5.91 Å². The van der Waals surface area contributed by atoms with Gasteiger partial charge in [0.1, 0.15) is 5.75 Å². The van der Waals surface area contributed by atoms with Crippen LogP contribution in [0.3, 0.4) is 0 Å². The molecule has 158 valence electrons. The van der Waals surface area contributed by atoms with Gasteiger partial charge in [0.15, 0.2) is 6.61 Å². The van der Waals surface area contributed by atoms with E-state index < -0.39 is 10.0 Å². The van der Waals surface area contributed by atoms with Gasteiger partial charge in [-0.25, -0.2) is 8.42 Å². The van der Waals surface area contributed by atoms with Crippen molar-refractivity contribution in [1.82, 2.24) is 4.31 Å². The molecule has 0 atom stereocenters. The van der Waals surface area contributed by atoms with Gasteiger partial charge in [-0.15, -0.1) is 0 Å². The minimum Gasteiger partial charge on any atom is -0.483 e. The van der Waals surface area contributed by atoms with Gasteiger partial charge in [-0.2, -0.15) is 4.31 Å². The average molecular weight is 504 g/mol. The highest BCUT2D eigenvalue weighted by molar-refractivity contribution is 9.10. The Morgan fingerprint density at radius 1 is 1.10 bits per heavy atom. The molecule has 0 radical (unpaired) electrons. The molecule has 9 heteroatoms. The summed E-state index contributed by atoms with van der Waals surface area (Å²) in [5.74, 6) is 0.138. The Morgan fingerprint density at radius 3 is 2.28 bits per heavy atom. The maximum atomic E-state index is 12.8. The first-order valence-corrected chi connectivity index (χ1v) is 11.9. The maximum absolute atomic E-state index is 12.8. The summed E-state index contributed by atoms with van der Waals surface area (Å²) < 4.78 is 33.1. The van der Waals surface area contributed by atoms with Gasteiger partial charge in [-0.3, -0.25) is 4.79 Å². The van der Waals surface area contributed by atoms with Gasteiger partial charge < -0.3 is 10.1 Å². The van der Waals surface area contributed by atoms with E-state index in [-0.39, 0.29) is 17.4 Å². The number of sulfonamides is 1. The molecule has 0 heterocycles. The maximum Gasteiger partial charge on any atom is 0.262 e. The van der Waals surface area contributed by atoms with Crippen molar-refractivity contribution < 1.29 is 17.9 Å². The molecule has 0 bridgehead atoms. The number of amides is 1. The molecule has 2 aromatic carbocycles. The summed E-state index contributed by atoms with van der Waals surface area (Å²) in [4.78, 5) is 12.3. The second-order valence-corrected chi connectivity index (χ2v) is 9.57. The van der Waals surface area contributed by atoms with E-state index in [2.05, 4.69) is 21.2 Å². The van der Waals surface area contributed by atoms with Crippen molar-refractivity contribution in [3.8, 4) is 5.75 Å². The lowest BCUT2D eigenvalue weighted by Crippen LogP contribution is -2.32. The average Bonchev–Trinajstić information content (AvgIpc) is 2.67. The van der Waals surface area contributed by atoms with Crippen molar-refractivity contribution >= 4 is 49.1 Å². The van der Waals surface area contributed by atoms with E-state index >= 15 is 0 Å². The number of halogens is 2. The van der Waals surface area contributed by atoms with Crippen molar-refractivity contribution in [2.75, 3.05) is 25.0 Å². The molecule has 0 saturated heterocycles. The fraction of sp³-hybridized carbons (Fsp3) is 0.350. The highest BCUT2D eigenvalue weighted by atomic mass is 79.9. The number of nitrogens with zero attached hydrogens (tertiary/aromatic N) is 1. The lowest BCUT2D eigenvalue weighted by atomic mass is 10.3. The Kier molecular flexibility index (Phi) is 8.95. The third-order valence-corrected chi connectivity index (χ3v) is 6.74. The first-order chi connectivity index (χ1) is 13.8. The zero-order valence-corrected chi connectivity index (χ0v) is 19.5. The Bertz CT molecular complexity index is 930. The predicted octanol–water partition coefficient (Wildman–Crippen LogP) is 4.93. The third kappa shape index (κ3) is 6.70. The molecule has 0 fully saturated rings. The van der Waals surface area contributed by atoms with E-state index in [1.54, 1.807) is 30.3 Å². The highest BCUT2D eigenvalue weighted by Gasteiger charge is 2.22. The Hall–Kier alpha value is -1.61. The van der Waals surface area contributed by atoms with Crippen LogP contribution in [-0.4, -0.2) is 38.3 Å². The Morgan fingerprint density at radius 2 is 1.72 bits per heavy atom. The van der Waals surface area contributed by atoms with Crippen molar-refractivity contribution in [2.24, 2.45) is 0 Å². The van der Waals surface area contributed by atoms with Crippen LogP contribution in [0.15, 0.2) is 51.8 Å². The van der Waals surface area contributed by atoms with Crippen LogP contribution in [0.1, 0.15) is 26.7 Å². The van der Waals surface area contributed by atoms with Crippen LogP contribution in [-0.2, 0) is 14.8 Å². The third-order valence-electron chi connectivity index (χ3n) is 3.97. The summed E-state index contributed by atoms with van der Waals surface area (Å²) in [6.45, 7) is 4.66. The van der Waals surface area contributed by atoms with E-state index in [4.69, 9.17) is 16.3 Å². The van der Waals surface area contributed by atoms with E-state index in [0.717, 1.165) is 12.8 Å². The van der Waals surface area contributed by atoms with Crippen molar-refractivity contribution in [3.63, 3.8) is 0 Å². The number of hydrogen-bond acceptors (Lipinski definition) is 4. The van der Waals surface area contributed by atoms with E-state index in [9.17, 15) is 13.2 Å². The number of ether oxygens (including phenoxy) is 1. The van der Waals surface area contributed by atoms with Gasteiger partial charge in [0, 0.05) is 23.8 Å². The van der Waals surface area contributed by atoms with Crippen LogP contribution in [0.4, 0.5) is 5.69 Å². The van der Waals surface area contributed by atoms with Crippen molar-refractivity contribution in [1.29, 1.82) is 0 Å². The normalized spacial score (nSPS) is 11.5. The van der Waals surface area contributed by atoms with Gasteiger partial charge in [0.05, 0.1) is 9.37 Å². The van der Waals surface area contributed by atoms with Gasteiger partial charge >= 0.3 is 0 Å². The first-order valence-electron chi connectivity index (χ1n) is 9.25. The van der Waals surface area contributed by atoms with Crippen LogP contribution in [0.2, 0.25) is 5.02 Å². The quantitative estimate of drug-likeness (QED) is 0.499. The van der Waals surface area contributed by atoms with Crippen LogP contribution < -0.4 is 10.1 Å². The summed E-state index contributed by atoms with van der Waals surface area (Å²) in [5.41, 5.74) is 0.491. The molecule has 1 N–H and O–H groups in total. The molecule has 2 aromatic rings. The molecular formula is C20H24BrClN2O4S. The molecule has 1 amide bonds. The van der Waals surface area contributed by atoms with E-state index in [1.165, 1.54) is 16.4 Å². The van der Waals surface area contributed by atoms with Crippen LogP contribution in [0.5, 0.6) is 5.75 Å². The first kappa shape index (κ1) is 23.7. The molecule has 0 unspecified atom stereocenters. The molecule has 0 spiro atoms. The predicted molar refractivity (Wildman–Crippen MR) is 119 cm³/mol. The molecular weight excluding hydrogens is 480 g/mol. The Balaban J connectivity index is 1.99. The monoisotopic (exact) mass is 502 g/mol. The number of benzene rings is 2. The smallest absolute Gasteiger partial charge is 0.262 e. The highest BCUT2D eigenvalue weighted by Crippen LogP contribution is 2.28. The molecule has 0 saturated carbocycles. The lowest BCUT2D eigenvalue weighted by molar-refractivity contribution is -0.118. The molecule has 2 rings (SSSR count). The number of hydrogen-bond donors (Lipinski definition) is 1. The lowest BCUT2D eigenvalue weighted by Gasteiger charge is -2.21. The summed E-state index contributed by atoms with van der Waals surface area (Å²) >= 11 is 9.20. The van der Waals surface area contributed by atoms with Crippen LogP contribution in [0.25, 0.3) is 0 Å². The minimum absolute atomic E-state index is 0.193. The summed E-state index contributed by atoms with van der Waals surface area (Å²) in [7, 11) is -3.55. The minimum atomic E-state index is -3.55. The number of carbonyl (C=O) groups excluding carboxylic acids is 1. The fourth-order valence-corrected chi connectivity index (χ4v) is 5.06. The second kappa shape index (κ2) is 11.0. The second-order valence-electron chi connectivity index (χ2n) is 6.34.